The van der Waals surface area contributed by atoms with Crippen LogP contribution in [-0.4, -0.2) is 13.7 Å². The van der Waals surface area contributed by atoms with Gasteiger partial charge in [0.1, 0.15) is 11.5 Å². The number of hydrogen-bond donors (Lipinski definition) is 1. The fourth-order valence-electron chi connectivity index (χ4n) is 1.93. The molecule has 1 aromatic carbocycles. The molecule has 1 N–H and O–H groups in total. The first-order chi connectivity index (χ1) is 9.83. The van der Waals surface area contributed by atoms with E-state index in [1.807, 2.05) is 30.3 Å². The zero-order valence-electron chi connectivity index (χ0n) is 12.0. The quantitative estimate of drug-likeness (QED) is 0.804. The number of furan rings is 1. The van der Waals surface area contributed by atoms with Gasteiger partial charge in [-0.25, -0.2) is 0 Å². The van der Waals surface area contributed by atoms with Gasteiger partial charge in [0, 0.05) is 5.56 Å². The normalized spacial score (nSPS) is 10.7. The van der Waals surface area contributed by atoms with E-state index in [0.717, 1.165) is 35.7 Å². The van der Waals surface area contributed by atoms with Crippen molar-refractivity contribution >= 4 is 0 Å². The molecule has 0 spiro atoms. The molecular weight excluding hydrogens is 254 g/mol. The highest BCUT2D eigenvalue weighted by Crippen LogP contribution is 2.16. The Hall–Kier alpha value is -1.78. The number of hydrogen-bond acceptors (Lipinski definition) is 4. The number of ether oxygens (including phenoxy) is 2. The van der Waals surface area contributed by atoms with Crippen molar-refractivity contribution < 1.29 is 13.9 Å². The van der Waals surface area contributed by atoms with E-state index >= 15 is 0 Å². The molecule has 0 radical (unpaired) electrons. The second-order valence-corrected chi connectivity index (χ2v) is 4.49. The summed E-state index contributed by atoms with van der Waals surface area (Å²) in [6.07, 6.45) is 1.71. The smallest absolute Gasteiger partial charge is 0.123 e. The minimum Gasteiger partial charge on any atom is -0.497 e. The van der Waals surface area contributed by atoms with Gasteiger partial charge in [-0.3, -0.25) is 0 Å². The van der Waals surface area contributed by atoms with Gasteiger partial charge < -0.3 is 19.2 Å². The molecule has 0 unspecified atom stereocenters. The summed E-state index contributed by atoms with van der Waals surface area (Å²) in [5.74, 6) is 1.79. The van der Waals surface area contributed by atoms with Gasteiger partial charge in [-0.15, -0.1) is 0 Å². The van der Waals surface area contributed by atoms with Crippen LogP contribution in [0.2, 0.25) is 0 Å². The van der Waals surface area contributed by atoms with Crippen molar-refractivity contribution in [1.82, 2.24) is 5.32 Å². The van der Waals surface area contributed by atoms with E-state index in [-0.39, 0.29) is 0 Å². The molecule has 2 aromatic rings. The monoisotopic (exact) mass is 275 g/mol. The van der Waals surface area contributed by atoms with Crippen molar-refractivity contribution in [1.29, 1.82) is 0 Å². The molecule has 0 aliphatic rings. The summed E-state index contributed by atoms with van der Waals surface area (Å²) in [6, 6.07) is 9.85. The maximum atomic E-state index is 5.74. The van der Waals surface area contributed by atoms with Crippen molar-refractivity contribution in [3.63, 3.8) is 0 Å². The minimum absolute atomic E-state index is 0.550. The van der Waals surface area contributed by atoms with Gasteiger partial charge in [0.05, 0.1) is 33.1 Å². The molecule has 0 aliphatic carbocycles. The molecule has 108 valence electrons. The number of methoxy groups -OCH3 is 1. The summed E-state index contributed by atoms with van der Waals surface area (Å²) in [5, 5.41) is 3.25. The van der Waals surface area contributed by atoms with Gasteiger partial charge in [-0.2, -0.15) is 0 Å². The molecule has 20 heavy (non-hydrogen) atoms. The fourth-order valence-corrected chi connectivity index (χ4v) is 1.93. The van der Waals surface area contributed by atoms with Crippen molar-refractivity contribution in [2.75, 3.05) is 13.7 Å². The second-order valence-electron chi connectivity index (χ2n) is 4.49. The third-order valence-corrected chi connectivity index (χ3v) is 3.03. The number of benzene rings is 1. The van der Waals surface area contributed by atoms with Crippen LogP contribution in [0.15, 0.2) is 41.0 Å². The molecule has 2 rings (SSSR count). The van der Waals surface area contributed by atoms with Crippen LogP contribution in [0.1, 0.15) is 23.8 Å². The van der Waals surface area contributed by atoms with Gasteiger partial charge in [0.25, 0.3) is 0 Å². The van der Waals surface area contributed by atoms with E-state index < -0.39 is 0 Å². The summed E-state index contributed by atoms with van der Waals surface area (Å²) in [5.41, 5.74) is 2.19. The number of nitrogens with one attached hydrogen (secondary N) is 1. The summed E-state index contributed by atoms with van der Waals surface area (Å²) >= 11 is 0. The zero-order valence-corrected chi connectivity index (χ0v) is 12.0. The summed E-state index contributed by atoms with van der Waals surface area (Å²) < 4.78 is 16.4. The Kier molecular flexibility index (Phi) is 5.65. The third-order valence-electron chi connectivity index (χ3n) is 3.03. The van der Waals surface area contributed by atoms with Gasteiger partial charge >= 0.3 is 0 Å². The van der Waals surface area contributed by atoms with Gasteiger partial charge in [0.15, 0.2) is 0 Å². The first kappa shape index (κ1) is 14.6. The highest BCUT2D eigenvalue weighted by molar-refractivity contribution is 5.28. The van der Waals surface area contributed by atoms with E-state index in [2.05, 4.69) is 12.2 Å². The Morgan fingerprint density at radius 3 is 2.90 bits per heavy atom. The average molecular weight is 275 g/mol. The fraction of sp³-hybridized carbons (Fsp3) is 0.375. The predicted molar refractivity (Wildman–Crippen MR) is 77.6 cm³/mol. The first-order valence-electron chi connectivity index (χ1n) is 6.80. The van der Waals surface area contributed by atoms with Crippen molar-refractivity contribution in [3.05, 3.63) is 53.5 Å². The standard InChI is InChI=1S/C16H21NO3/c1-3-17-10-16-14(7-8-20-16)12-19-11-13-5-4-6-15(9-13)18-2/h4-9,17H,3,10-12H2,1-2H3. The average Bonchev–Trinajstić information content (AvgIpc) is 2.93. The largest absolute Gasteiger partial charge is 0.497 e. The molecule has 4 heteroatoms. The molecule has 1 aromatic heterocycles. The molecule has 1 heterocycles. The van der Waals surface area contributed by atoms with Crippen LogP contribution in [0.25, 0.3) is 0 Å². The van der Waals surface area contributed by atoms with E-state index in [1.165, 1.54) is 0 Å². The van der Waals surface area contributed by atoms with Crippen molar-refractivity contribution in [3.8, 4) is 5.75 Å². The highest BCUT2D eigenvalue weighted by atomic mass is 16.5. The summed E-state index contributed by atoms with van der Waals surface area (Å²) in [4.78, 5) is 0. The third kappa shape index (κ3) is 4.11. The van der Waals surface area contributed by atoms with E-state index in [9.17, 15) is 0 Å². The molecule has 0 saturated heterocycles. The van der Waals surface area contributed by atoms with Crippen LogP contribution in [0.4, 0.5) is 0 Å². The molecule has 0 saturated carbocycles. The molecule has 0 fully saturated rings. The Morgan fingerprint density at radius 2 is 2.10 bits per heavy atom. The van der Waals surface area contributed by atoms with Crippen LogP contribution in [0.5, 0.6) is 5.75 Å². The van der Waals surface area contributed by atoms with Crippen LogP contribution in [-0.2, 0) is 24.5 Å². The van der Waals surface area contributed by atoms with Crippen molar-refractivity contribution in [2.45, 2.75) is 26.7 Å². The second kappa shape index (κ2) is 7.72. The van der Waals surface area contributed by atoms with Crippen LogP contribution in [0, 0.1) is 0 Å². The predicted octanol–water partition coefficient (Wildman–Crippen LogP) is 3.11. The molecule has 0 aliphatic heterocycles. The van der Waals surface area contributed by atoms with Crippen LogP contribution >= 0.6 is 0 Å². The number of rotatable bonds is 8. The van der Waals surface area contributed by atoms with E-state index in [0.29, 0.717) is 13.2 Å². The topological polar surface area (TPSA) is 43.6 Å². The first-order valence-corrected chi connectivity index (χ1v) is 6.80. The molecule has 4 nitrogen and oxygen atoms in total. The van der Waals surface area contributed by atoms with Gasteiger partial charge in [0.2, 0.25) is 0 Å². The summed E-state index contributed by atoms with van der Waals surface area (Å²) in [6.45, 7) is 4.84. The zero-order chi connectivity index (χ0) is 14.2. The SMILES string of the molecule is CCNCc1occc1COCc1cccc(OC)c1. The molecular formula is C16H21NO3. The maximum absolute atomic E-state index is 5.74. The Labute approximate surface area is 119 Å². The van der Waals surface area contributed by atoms with E-state index in [4.69, 9.17) is 13.9 Å². The Morgan fingerprint density at radius 1 is 1.20 bits per heavy atom. The van der Waals surface area contributed by atoms with Crippen LogP contribution < -0.4 is 10.1 Å². The lowest BCUT2D eigenvalue weighted by Gasteiger charge is -2.07. The van der Waals surface area contributed by atoms with Gasteiger partial charge in [-0.05, 0) is 30.3 Å². The van der Waals surface area contributed by atoms with E-state index in [1.54, 1.807) is 13.4 Å². The molecule has 0 atom stereocenters. The van der Waals surface area contributed by atoms with Crippen molar-refractivity contribution in [2.24, 2.45) is 0 Å². The lowest BCUT2D eigenvalue weighted by molar-refractivity contribution is 0.105. The lowest BCUT2D eigenvalue weighted by atomic mass is 10.2. The molecule has 0 amide bonds. The maximum Gasteiger partial charge on any atom is 0.123 e. The minimum atomic E-state index is 0.550. The Bertz CT molecular complexity index is 522. The highest BCUT2D eigenvalue weighted by Gasteiger charge is 2.06. The van der Waals surface area contributed by atoms with Gasteiger partial charge in [-0.1, -0.05) is 19.1 Å². The lowest BCUT2D eigenvalue weighted by Crippen LogP contribution is -2.12. The summed E-state index contributed by atoms with van der Waals surface area (Å²) in [7, 11) is 1.67. The molecule has 0 bridgehead atoms. The van der Waals surface area contributed by atoms with Crippen LogP contribution in [0.3, 0.4) is 0 Å². The Balaban J connectivity index is 1.84.